The zero-order chi connectivity index (χ0) is 28.3. The maximum Gasteiger partial charge on any atom is 0.430 e. The van der Waals surface area contributed by atoms with Crippen molar-refractivity contribution in [3.05, 3.63) is 101 Å². The Balaban J connectivity index is 2.01. The summed E-state index contributed by atoms with van der Waals surface area (Å²) in [5.74, 6) is 3.08. The molecule has 38 heavy (non-hydrogen) atoms. The molecular formula is C31H33F3N4. The summed E-state index contributed by atoms with van der Waals surface area (Å²) in [4.78, 5) is 5.88. The summed E-state index contributed by atoms with van der Waals surface area (Å²) in [7, 11) is 0. The summed E-state index contributed by atoms with van der Waals surface area (Å²) >= 11 is 0. The topological polar surface area (TPSA) is 66.0 Å². The van der Waals surface area contributed by atoms with Crippen molar-refractivity contribution >= 4 is 17.1 Å². The van der Waals surface area contributed by atoms with Crippen molar-refractivity contribution in [2.24, 2.45) is 5.73 Å². The lowest BCUT2D eigenvalue weighted by Crippen LogP contribution is -2.20. The first-order valence-corrected chi connectivity index (χ1v) is 12.2. The van der Waals surface area contributed by atoms with Gasteiger partial charge in [-0.15, -0.1) is 0 Å². The maximum atomic E-state index is 12.8. The minimum absolute atomic E-state index is 0.00522. The van der Waals surface area contributed by atoms with Gasteiger partial charge in [0.15, 0.2) is 0 Å². The average Bonchev–Trinajstić information content (AvgIpc) is 2.83. The molecule has 198 valence electrons. The van der Waals surface area contributed by atoms with Gasteiger partial charge >= 0.3 is 6.18 Å². The zero-order valence-corrected chi connectivity index (χ0v) is 22.5. The van der Waals surface area contributed by atoms with E-state index >= 15 is 0 Å². The van der Waals surface area contributed by atoms with E-state index in [1.807, 2.05) is 29.2 Å². The molecule has 3 rings (SSSR count). The minimum Gasteiger partial charge on any atom is -0.395 e. The summed E-state index contributed by atoms with van der Waals surface area (Å²) in [6.07, 6.45) is -2.75. The molecule has 1 heterocycles. The van der Waals surface area contributed by atoms with Crippen molar-refractivity contribution in [2.45, 2.75) is 58.5 Å². The quantitative estimate of drug-likeness (QED) is 0.212. The van der Waals surface area contributed by atoms with E-state index in [9.17, 15) is 13.2 Å². The first-order chi connectivity index (χ1) is 17.6. The number of hydrogen-bond acceptors (Lipinski definition) is 4. The number of aromatic nitrogens is 1. The number of alkyl halides is 3. The van der Waals surface area contributed by atoms with Gasteiger partial charge in [-0.25, -0.2) is 0 Å². The van der Waals surface area contributed by atoms with Crippen LogP contribution in [0.1, 0.15) is 63.9 Å². The summed E-state index contributed by atoms with van der Waals surface area (Å²) in [5.41, 5.74) is 7.94. The van der Waals surface area contributed by atoms with E-state index in [-0.39, 0.29) is 16.5 Å². The number of benzene rings is 2. The number of rotatable bonds is 4. The number of nitrogens with one attached hydrogen (secondary N) is 1. The Bertz CT molecular complexity index is 1320. The summed E-state index contributed by atoms with van der Waals surface area (Å²) in [6.45, 7) is 12.9. The van der Waals surface area contributed by atoms with Crippen LogP contribution in [0.2, 0.25) is 0 Å². The lowest BCUT2D eigenvalue weighted by Gasteiger charge is -2.23. The van der Waals surface area contributed by atoms with Crippen LogP contribution in [0.4, 0.5) is 24.5 Å². The number of nitrogens with two attached hydrogens (primary N) is 1. The Kier molecular flexibility index (Phi) is 8.06. The first kappa shape index (κ1) is 28.5. The lowest BCUT2D eigenvalue weighted by atomic mass is 9.87. The number of allylic oxidation sites excluding steroid dienone is 2. The smallest absolute Gasteiger partial charge is 0.395 e. The largest absolute Gasteiger partial charge is 0.430 e. The van der Waals surface area contributed by atoms with Crippen LogP contribution in [0, 0.1) is 17.4 Å². The standard InChI is InChI=1S/C31H33F3N4/c1-29(2,3)22-7-11-24(12-8-22)38(25-13-9-23(10-14-25)30(4,5)6)18-16-21-15-17-37-27(19-21)26(35)20-28(36)31(32,33)34/h7-15,17,19-20,35H,36H2,1-6H3. The van der Waals surface area contributed by atoms with Crippen LogP contribution in [0.5, 0.6) is 0 Å². The second-order valence-electron chi connectivity index (χ2n) is 11.1. The van der Waals surface area contributed by atoms with E-state index in [1.54, 1.807) is 6.07 Å². The SMILES string of the molecule is CC(C)(C)c1ccc(N(C#Cc2ccnc(C(=N)C=C(N)C(F)(F)F)c2)c2ccc(C(C)(C)C)cc2)cc1. The average molecular weight is 519 g/mol. The predicted molar refractivity (Wildman–Crippen MR) is 149 cm³/mol. The maximum absolute atomic E-state index is 12.8. The van der Waals surface area contributed by atoms with Gasteiger partial charge in [0.05, 0.1) is 22.8 Å². The summed E-state index contributed by atoms with van der Waals surface area (Å²) in [6, 6.07) is 22.7. The molecule has 0 fully saturated rings. The molecule has 0 aliphatic heterocycles. The third kappa shape index (κ3) is 7.25. The molecule has 0 radical (unpaired) electrons. The molecule has 1 aromatic heterocycles. The molecule has 0 saturated carbocycles. The van der Waals surface area contributed by atoms with Crippen molar-refractivity contribution < 1.29 is 13.2 Å². The van der Waals surface area contributed by atoms with Crippen LogP contribution in [0.15, 0.2) is 78.6 Å². The van der Waals surface area contributed by atoms with Crippen molar-refractivity contribution in [3.63, 3.8) is 0 Å². The number of nitrogens with zero attached hydrogens (tertiary/aromatic N) is 2. The Morgan fingerprint density at radius 3 is 1.74 bits per heavy atom. The van der Waals surface area contributed by atoms with Crippen LogP contribution in [0.3, 0.4) is 0 Å². The monoisotopic (exact) mass is 518 g/mol. The number of anilines is 2. The highest BCUT2D eigenvalue weighted by molar-refractivity contribution is 6.05. The first-order valence-electron chi connectivity index (χ1n) is 12.2. The van der Waals surface area contributed by atoms with Gasteiger partial charge in [-0.1, -0.05) is 65.8 Å². The van der Waals surface area contributed by atoms with Crippen molar-refractivity contribution in [1.82, 2.24) is 4.98 Å². The Labute approximate surface area is 222 Å². The van der Waals surface area contributed by atoms with Gasteiger partial charge in [-0.3, -0.25) is 15.3 Å². The Morgan fingerprint density at radius 2 is 1.32 bits per heavy atom. The summed E-state index contributed by atoms with van der Waals surface area (Å²) < 4.78 is 38.3. The molecule has 0 bridgehead atoms. The van der Waals surface area contributed by atoms with Crippen LogP contribution in [-0.4, -0.2) is 16.9 Å². The third-order valence-corrected chi connectivity index (χ3v) is 5.96. The van der Waals surface area contributed by atoms with Crippen LogP contribution in [-0.2, 0) is 10.8 Å². The molecule has 7 heteroatoms. The fraction of sp³-hybridized carbons (Fsp3) is 0.290. The Morgan fingerprint density at radius 1 is 0.842 bits per heavy atom. The molecule has 4 nitrogen and oxygen atoms in total. The highest BCUT2D eigenvalue weighted by Gasteiger charge is 2.31. The van der Waals surface area contributed by atoms with E-state index in [1.165, 1.54) is 23.4 Å². The van der Waals surface area contributed by atoms with Crippen LogP contribution in [0.25, 0.3) is 0 Å². The van der Waals surface area contributed by atoms with E-state index in [4.69, 9.17) is 11.1 Å². The van der Waals surface area contributed by atoms with Gasteiger partial charge in [0, 0.05) is 17.8 Å². The molecule has 0 atom stereocenters. The molecule has 0 aliphatic carbocycles. The van der Waals surface area contributed by atoms with Gasteiger partial charge in [-0.05, 0) is 70.4 Å². The van der Waals surface area contributed by atoms with Crippen molar-refractivity contribution in [3.8, 4) is 12.0 Å². The van der Waals surface area contributed by atoms with Crippen molar-refractivity contribution in [2.75, 3.05) is 4.90 Å². The fourth-order valence-corrected chi connectivity index (χ4v) is 3.59. The number of hydrogen-bond donors (Lipinski definition) is 2. The third-order valence-electron chi connectivity index (χ3n) is 5.96. The predicted octanol–water partition coefficient (Wildman–Crippen LogP) is 7.60. The lowest BCUT2D eigenvalue weighted by molar-refractivity contribution is -0.0925. The number of pyridine rings is 1. The van der Waals surface area contributed by atoms with Gasteiger partial charge in [-0.2, -0.15) is 13.2 Å². The minimum atomic E-state index is -4.71. The summed E-state index contributed by atoms with van der Waals surface area (Å²) in [5, 5.41) is 7.99. The second-order valence-corrected chi connectivity index (χ2v) is 11.1. The second kappa shape index (κ2) is 10.7. The molecule has 0 amide bonds. The van der Waals surface area contributed by atoms with E-state index in [0.717, 1.165) is 11.4 Å². The molecule has 0 aliphatic rings. The van der Waals surface area contributed by atoms with Crippen molar-refractivity contribution in [1.29, 1.82) is 5.41 Å². The van der Waals surface area contributed by atoms with E-state index < -0.39 is 17.6 Å². The molecule has 2 aromatic carbocycles. The molecule has 3 N–H and O–H groups in total. The van der Waals surface area contributed by atoms with Gasteiger partial charge in [0.25, 0.3) is 0 Å². The highest BCUT2D eigenvalue weighted by Crippen LogP contribution is 2.31. The molecule has 0 unspecified atom stereocenters. The molecule has 0 saturated heterocycles. The highest BCUT2D eigenvalue weighted by atomic mass is 19.4. The molecule has 3 aromatic rings. The number of halogens is 3. The van der Waals surface area contributed by atoms with Gasteiger partial charge in [0.1, 0.15) is 5.70 Å². The van der Waals surface area contributed by atoms with E-state index in [0.29, 0.717) is 11.6 Å². The fourth-order valence-electron chi connectivity index (χ4n) is 3.59. The molecule has 0 spiro atoms. The van der Waals surface area contributed by atoms with Gasteiger partial charge < -0.3 is 5.73 Å². The Hall–Kier alpha value is -4.05. The van der Waals surface area contributed by atoms with Gasteiger partial charge in [0.2, 0.25) is 0 Å². The molecular weight excluding hydrogens is 485 g/mol. The zero-order valence-electron chi connectivity index (χ0n) is 22.5. The van der Waals surface area contributed by atoms with E-state index in [2.05, 4.69) is 82.8 Å². The van der Waals surface area contributed by atoms with Crippen LogP contribution < -0.4 is 10.6 Å². The normalized spacial score (nSPS) is 12.5. The van der Waals surface area contributed by atoms with Crippen LogP contribution >= 0.6 is 0 Å².